The largest absolute Gasteiger partial charge is 0.497 e. The SMILES string of the molecule is CCCC[C@@H](CC)CNC(=O)c1csc(Nc2ccc(OC)cc2)n1. The fraction of sp³-hybridized carbons (Fsp3) is 0.474. The second-order valence-corrected chi connectivity index (χ2v) is 6.88. The highest BCUT2D eigenvalue weighted by molar-refractivity contribution is 7.14. The van der Waals surface area contributed by atoms with Crippen LogP contribution in [0.5, 0.6) is 5.75 Å². The molecule has 25 heavy (non-hydrogen) atoms. The Morgan fingerprint density at radius 1 is 1.28 bits per heavy atom. The number of ether oxygens (including phenoxy) is 1. The predicted molar refractivity (Wildman–Crippen MR) is 104 cm³/mol. The molecule has 1 heterocycles. The summed E-state index contributed by atoms with van der Waals surface area (Å²) >= 11 is 1.42. The summed E-state index contributed by atoms with van der Waals surface area (Å²) in [5, 5.41) is 8.71. The first-order valence-electron chi connectivity index (χ1n) is 8.81. The van der Waals surface area contributed by atoms with Crippen molar-refractivity contribution in [1.82, 2.24) is 10.3 Å². The first-order chi connectivity index (χ1) is 12.2. The van der Waals surface area contributed by atoms with Crippen LogP contribution in [0.3, 0.4) is 0 Å². The van der Waals surface area contributed by atoms with E-state index >= 15 is 0 Å². The van der Waals surface area contributed by atoms with Gasteiger partial charge in [-0.3, -0.25) is 4.79 Å². The van der Waals surface area contributed by atoms with E-state index in [2.05, 4.69) is 29.5 Å². The molecule has 1 amide bonds. The van der Waals surface area contributed by atoms with Gasteiger partial charge < -0.3 is 15.4 Å². The van der Waals surface area contributed by atoms with E-state index in [0.29, 0.717) is 23.3 Å². The molecule has 0 unspecified atom stereocenters. The topological polar surface area (TPSA) is 63.2 Å². The van der Waals surface area contributed by atoms with Gasteiger partial charge in [-0.1, -0.05) is 33.1 Å². The van der Waals surface area contributed by atoms with Crippen molar-refractivity contribution in [2.75, 3.05) is 19.0 Å². The van der Waals surface area contributed by atoms with Gasteiger partial charge in [0.15, 0.2) is 5.13 Å². The number of rotatable bonds is 10. The highest BCUT2D eigenvalue weighted by atomic mass is 32.1. The zero-order valence-electron chi connectivity index (χ0n) is 15.2. The smallest absolute Gasteiger partial charge is 0.270 e. The van der Waals surface area contributed by atoms with E-state index in [1.807, 2.05) is 24.3 Å². The van der Waals surface area contributed by atoms with Gasteiger partial charge in [0, 0.05) is 17.6 Å². The van der Waals surface area contributed by atoms with Crippen molar-refractivity contribution in [3.63, 3.8) is 0 Å². The Kier molecular flexibility index (Phi) is 7.73. The maximum absolute atomic E-state index is 12.3. The molecule has 2 rings (SSSR count). The Bertz CT molecular complexity index is 655. The first-order valence-corrected chi connectivity index (χ1v) is 9.69. The Hall–Kier alpha value is -2.08. The molecule has 2 N–H and O–H groups in total. The average Bonchev–Trinajstić information content (AvgIpc) is 3.11. The van der Waals surface area contributed by atoms with E-state index in [1.54, 1.807) is 12.5 Å². The maximum atomic E-state index is 12.3. The van der Waals surface area contributed by atoms with E-state index in [-0.39, 0.29) is 5.91 Å². The van der Waals surface area contributed by atoms with Crippen molar-refractivity contribution >= 4 is 28.1 Å². The van der Waals surface area contributed by atoms with Gasteiger partial charge in [-0.25, -0.2) is 4.98 Å². The lowest BCUT2D eigenvalue weighted by Crippen LogP contribution is -2.29. The Morgan fingerprint density at radius 2 is 2.04 bits per heavy atom. The molecule has 1 aromatic carbocycles. The van der Waals surface area contributed by atoms with Gasteiger partial charge in [0.1, 0.15) is 11.4 Å². The van der Waals surface area contributed by atoms with Crippen LogP contribution >= 0.6 is 11.3 Å². The van der Waals surface area contributed by atoms with Gasteiger partial charge in [-0.2, -0.15) is 0 Å². The monoisotopic (exact) mass is 361 g/mol. The Balaban J connectivity index is 1.87. The van der Waals surface area contributed by atoms with Gasteiger partial charge in [-0.15, -0.1) is 11.3 Å². The third-order valence-corrected chi connectivity index (χ3v) is 4.93. The molecule has 0 saturated heterocycles. The summed E-state index contributed by atoms with van der Waals surface area (Å²) in [5.74, 6) is 1.24. The van der Waals surface area contributed by atoms with Crippen LogP contribution in [0.25, 0.3) is 0 Å². The molecule has 0 aliphatic carbocycles. The molecule has 0 aliphatic heterocycles. The number of anilines is 2. The van der Waals surface area contributed by atoms with Gasteiger partial charge in [0.2, 0.25) is 0 Å². The van der Waals surface area contributed by atoms with Crippen LogP contribution in [0.15, 0.2) is 29.6 Å². The number of methoxy groups -OCH3 is 1. The molecule has 0 bridgehead atoms. The lowest BCUT2D eigenvalue weighted by atomic mass is 9.99. The number of benzene rings is 1. The first kappa shape index (κ1) is 19.2. The fourth-order valence-corrected chi connectivity index (χ4v) is 3.22. The molecule has 0 spiro atoms. The Labute approximate surface area is 153 Å². The van der Waals surface area contributed by atoms with E-state index in [1.165, 1.54) is 24.2 Å². The number of aromatic nitrogens is 1. The molecule has 1 atom stereocenters. The molecular formula is C19H27N3O2S. The zero-order valence-corrected chi connectivity index (χ0v) is 16.0. The molecule has 0 aliphatic rings. The summed E-state index contributed by atoms with van der Waals surface area (Å²) < 4.78 is 5.14. The quantitative estimate of drug-likeness (QED) is 0.635. The van der Waals surface area contributed by atoms with E-state index < -0.39 is 0 Å². The molecule has 1 aromatic heterocycles. The van der Waals surface area contributed by atoms with Crippen LogP contribution < -0.4 is 15.4 Å². The number of carbonyl (C=O) groups excluding carboxylic acids is 1. The summed E-state index contributed by atoms with van der Waals surface area (Å²) in [4.78, 5) is 16.7. The summed E-state index contributed by atoms with van der Waals surface area (Å²) in [5.41, 5.74) is 1.37. The van der Waals surface area contributed by atoms with Crippen LogP contribution in [0.4, 0.5) is 10.8 Å². The molecule has 2 aromatic rings. The normalized spacial score (nSPS) is 11.8. The van der Waals surface area contributed by atoms with Crippen molar-refractivity contribution in [3.8, 4) is 5.75 Å². The van der Waals surface area contributed by atoms with Crippen LogP contribution in [0.1, 0.15) is 50.0 Å². The second kappa shape index (κ2) is 10.0. The minimum atomic E-state index is -0.103. The van der Waals surface area contributed by atoms with Crippen LogP contribution in [-0.2, 0) is 0 Å². The minimum absolute atomic E-state index is 0.103. The van der Waals surface area contributed by atoms with E-state index in [9.17, 15) is 4.79 Å². The molecule has 136 valence electrons. The van der Waals surface area contributed by atoms with Gasteiger partial charge in [-0.05, 0) is 36.6 Å². The third kappa shape index (κ3) is 6.05. The van der Waals surface area contributed by atoms with Gasteiger partial charge in [0.05, 0.1) is 7.11 Å². The molecule has 0 fully saturated rings. The molecular weight excluding hydrogens is 334 g/mol. The zero-order chi connectivity index (χ0) is 18.1. The van der Waals surface area contributed by atoms with Crippen molar-refractivity contribution in [2.24, 2.45) is 5.92 Å². The predicted octanol–water partition coefficient (Wildman–Crippen LogP) is 4.84. The van der Waals surface area contributed by atoms with Gasteiger partial charge in [0.25, 0.3) is 5.91 Å². The van der Waals surface area contributed by atoms with Crippen LogP contribution in [-0.4, -0.2) is 24.5 Å². The summed E-state index contributed by atoms with van der Waals surface area (Å²) in [6.07, 6.45) is 4.65. The number of hydrogen-bond acceptors (Lipinski definition) is 5. The molecule has 0 saturated carbocycles. The third-order valence-electron chi connectivity index (χ3n) is 4.17. The van der Waals surface area contributed by atoms with Crippen molar-refractivity contribution in [1.29, 1.82) is 0 Å². The Morgan fingerprint density at radius 3 is 2.68 bits per heavy atom. The van der Waals surface area contributed by atoms with Crippen LogP contribution in [0, 0.1) is 5.92 Å². The lowest BCUT2D eigenvalue weighted by molar-refractivity contribution is 0.0941. The minimum Gasteiger partial charge on any atom is -0.497 e. The number of hydrogen-bond donors (Lipinski definition) is 2. The van der Waals surface area contributed by atoms with E-state index in [0.717, 1.165) is 24.3 Å². The van der Waals surface area contributed by atoms with E-state index in [4.69, 9.17) is 4.74 Å². The average molecular weight is 362 g/mol. The van der Waals surface area contributed by atoms with Crippen molar-refractivity contribution < 1.29 is 9.53 Å². The standard InChI is InChI=1S/C19H27N3O2S/c1-4-6-7-14(5-2)12-20-18(23)17-13-25-19(22-17)21-15-8-10-16(24-3)11-9-15/h8-11,13-14H,4-7,12H2,1-3H3,(H,20,23)(H,21,22)/t14-/m1/s1. The van der Waals surface area contributed by atoms with Gasteiger partial charge >= 0.3 is 0 Å². The van der Waals surface area contributed by atoms with Crippen molar-refractivity contribution in [3.05, 3.63) is 35.3 Å². The lowest BCUT2D eigenvalue weighted by Gasteiger charge is -2.14. The number of carbonyl (C=O) groups is 1. The highest BCUT2D eigenvalue weighted by Crippen LogP contribution is 2.23. The summed E-state index contributed by atoms with van der Waals surface area (Å²) in [6, 6.07) is 7.59. The highest BCUT2D eigenvalue weighted by Gasteiger charge is 2.13. The second-order valence-electron chi connectivity index (χ2n) is 6.02. The number of thiazole rings is 1. The molecule has 6 heteroatoms. The number of unbranched alkanes of at least 4 members (excludes halogenated alkanes) is 1. The van der Waals surface area contributed by atoms with Crippen LogP contribution in [0.2, 0.25) is 0 Å². The number of nitrogens with one attached hydrogen (secondary N) is 2. The fourth-order valence-electron chi connectivity index (χ4n) is 2.50. The summed E-state index contributed by atoms with van der Waals surface area (Å²) in [7, 11) is 1.64. The maximum Gasteiger partial charge on any atom is 0.270 e. The summed E-state index contributed by atoms with van der Waals surface area (Å²) in [6.45, 7) is 5.08. The van der Waals surface area contributed by atoms with Crippen molar-refractivity contribution in [2.45, 2.75) is 39.5 Å². The number of amides is 1. The molecule has 0 radical (unpaired) electrons. The number of nitrogens with zero attached hydrogens (tertiary/aromatic N) is 1. The molecule has 5 nitrogen and oxygen atoms in total.